The predicted molar refractivity (Wildman–Crippen MR) is 64.7 cm³/mol. The van der Waals surface area contributed by atoms with E-state index < -0.39 is 0 Å². The molecule has 0 saturated heterocycles. The molecule has 0 spiro atoms. The zero-order chi connectivity index (χ0) is 11.6. The summed E-state index contributed by atoms with van der Waals surface area (Å²) in [6.07, 6.45) is 5.05. The van der Waals surface area contributed by atoms with Gasteiger partial charge in [0.2, 0.25) is 0 Å². The van der Waals surface area contributed by atoms with E-state index in [1.165, 1.54) is 18.9 Å². The Bertz CT molecular complexity index is 354. The van der Waals surface area contributed by atoms with Crippen LogP contribution in [0.25, 0.3) is 0 Å². The second kappa shape index (κ2) is 4.54. The van der Waals surface area contributed by atoms with Crippen LogP contribution in [0.5, 0.6) is 0 Å². The van der Waals surface area contributed by atoms with Crippen LogP contribution in [-0.4, -0.2) is 5.54 Å². The van der Waals surface area contributed by atoms with Crippen LogP contribution < -0.4 is 5.73 Å². The summed E-state index contributed by atoms with van der Waals surface area (Å²) >= 11 is 0. The second-order valence-corrected chi connectivity index (χ2v) is 5.31. The number of benzene rings is 1. The smallest absolute Gasteiger partial charge is 0.126 e. The van der Waals surface area contributed by atoms with Crippen molar-refractivity contribution in [2.24, 2.45) is 11.7 Å². The summed E-state index contributed by atoms with van der Waals surface area (Å²) in [4.78, 5) is 0. The van der Waals surface area contributed by atoms with E-state index in [9.17, 15) is 4.39 Å². The number of rotatable bonds is 2. The van der Waals surface area contributed by atoms with Crippen molar-refractivity contribution in [1.29, 1.82) is 0 Å². The van der Waals surface area contributed by atoms with E-state index in [4.69, 9.17) is 5.73 Å². The summed E-state index contributed by atoms with van der Waals surface area (Å²) in [5.41, 5.74) is 6.93. The highest BCUT2D eigenvalue weighted by Crippen LogP contribution is 2.32. The lowest BCUT2D eigenvalue weighted by Gasteiger charge is -2.36. The molecule has 0 radical (unpaired) electrons. The number of hydrogen-bond acceptors (Lipinski definition) is 1. The van der Waals surface area contributed by atoms with Crippen molar-refractivity contribution in [3.05, 3.63) is 35.6 Å². The number of hydrogen-bond donors (Lipinski definition) is 1. The molecule has 1 saturated carbocycles. The average Bonchev–Trinajstić information content (AvgIpc) is 2.27. The first-order valence-electron chi connectivity index (χ1n) is 6.11. The van der Waals surface area contributed by atoms with Crippen molar-refractivity contribution in [2.75, 3.05) is 0 Å². The molecule has 16 heavy (non-hydrogen) atoms. The largest absolute Gasteiger partial charge is 0.325 e. The molecule has 0 aromatic heterocycles. The van der Waals surface area contributed by atoms with Crippen molar-refractivity contribution < 1.29 is 4.39 Å². The standard InChI is InChI=1S/C14H20FN/c1-11-6-8-14(16,9-7-11)10-12-4-2-3-5-13(12)15/h2-5,11H,6-10,16H2,1H3. The third kappa shape index (κ3) is 2.62. The summed E-state index contributed by atoms with van der Waals surface area (Å²) in [5, 5.41) is 0. The van der Waals surface area contributed by atoms with Gasteiger partial charge in [-0.15, -0.1) is 0 Å². The van der Waals surface area contributed by atoms with Gasteiger partial charge < -0.3 is 5.73 Å². The fourth-order valence-electron chi connectivity index (χ4n) is 2.53. The molecule has 1 aromatic carbocycles. The zero-order valence-electron chi connectivity index (χ0n) is 9.88. The van der Waals surface area contributed by atoms with Crippen molar-refractivity contribution in [1.82, 2.24) is 0 Å². The fourth-order valence-corrected chi connectivity index (χ4v) is 2.53. The second-order valence-electron chi connectivity index (χ2n) is 5.31. The minimum Gasteiger partial charge on any atom is -0.325 e. The number of nitrogens with two attached hydrogens (primary N) is 1. The lowest BCUT2D eigenvalue weighted by atomic mass is 9.74. The maximum atomic E-state index is 13.5. The normalized spacial score (nSPS) is 30.3. The highest BCUT2D eigenvalue weighted by molar-refractivity contribution is 5.20. The van der Waals surface area contributed by atoms with Crippen molar-refractivity contribution >= 4 is 0 Å². The Morgan fingerprint density at radius 2 is 1.94 bits per heavy atom. The van der Waals surface area contributed by atoms with Gasteiger partial charge in [-0.05, 0) is 49.7 Å². The molecule has 88 valence electrons. The Morgan fingerprint density at radius 1 is 1.31 bits per heavy atom. The lowest BCUT2D eigenvalue weighted by molar-refractivity contribution is 0.242. The van der Waals surface area contributed by atoms with Crippen LogP contribution in [-0.2, 0) is 6.42 Å². The van der Waals surface area contributed by atoms with Gasteiger partial charge in [-0.1, -0.05) is 25.1 Å². The molecular weight excluding hydrogens is 201 g/mol. The highest BCUT2D eigenvalue weighted by Gasteiger charge is 2.30. The topological polar surface area (TPSA) is 26.0 Å². The Kier molecular flexibility index (Phi) is 3.29. The average molecular weight is 221 g/mol. The summed E-state index contributed by atoms with van der Waals surface area (Å²) in [6.45, 7) is 2.27. The van der Waals surface area contributed by atoms with E-state index in [1.54, 1.807) is 6.07 Å². The Labute approximate surface area is 96.9 Å². The first kappa shape index (κ1) is 11.6. The minimum atomic E-state index is -0.186. The summed E-state index contributed by atoms with van der Waals surface area (Å²) in [7, 11) is 0. The zero-order valence-corrected chi connectivity index (χ0v) is 9.88. The molecule has 2 rings (SSSR count). The predicted octanol–water partition coefficient (Wildman–Crippen LogP) is 3.28. The molecule has 1 fully saturated rings. The van der Waals surface area contributed by atoms with Crippen LogP contribution in [0, 0.1) is 11.7 Å². The quantitative estimate of drug-likeness (QED) is 0.815. The Balaban J connectivity index is 2.07. The molecule has 0 unspecified atom stereocenters. The molecule has 1 aromatic rings. The van der Waals surface area contributed by atoms with Gasteiger partial charge in [0, 0.05) is 5.54 Å². The third-order valence-electron chi connectivity index (χ3n) is 3.77. The Hall–Kier alpha value is -0.890. The van der Waals surface area contributed by atoms with Crippen LogP contribution in [0.4, 0.5) is 4.39 Å². The van der Waals surface area contributed by atoms with Crippen LogP contribution in [0.15, 0.2) is 24.3 Å². The fraction of sp³-hybridized carbons (Fsp3) is 0.571. The monoisotopic (exact) mass is 221 g/mol. The van der Waals surface area contributed by atoms with Gasteiger partial charge in [-0.25, -0.2) is 4.39 Å². The van der Waals surface area contributed by atoms with Crippen LogP contribution in [0.1, 0.15) is 38.2 Å². The molecule has 1 aliphatic carbocycles. The maximum Gasteiger partial charge on any atom is 0.126 e. The van der Waals surface area contributed by atoms with Gasteiger partial charge in [-0.2, -0.15) is 0 Å². The van der Waals surface area contributed by atoms with Crippen LogP contribution in [0.3, 0.4) is 0 Å². The highest BCUT2D eigenvalue weighted by atomic mass is 19.1. The van der Waals surface area contributed by atoms with E-state index in [-0.39, 0.29) is 11.4 Å². The minimum absolute atomic E-state index is 0.119. The van der Waals surface area contributed by atoms with E-state index >= 15 is 0 Å². The van der Waals surface area contributed by atoms with Crippen LogP contribution >= 0.6 is 0 Å². The summed E-state index contributed by atoms with van der Waals surface area (Å²) in [5.74, 6) is 0.656. The van der Waals surface area contributed by atoms with E-state index in [0.29, 0.717) is 6.42 Å². The van der Waals surface area contributed by atoms with E-state index in [0.717, 1.165) is 24.3 Å². The SMILES string of the molecule is CC1CCC(N)(Cc2ccccc2F)CC1. The molecule has 0 amide bonds. The van der Waals surface area contributed by atoms with Gasteiger partial charge in [0.1, 0.15) is 5.82 Å². The first-order valence-corrected chi connectivity index (χ1v) is 6.11. The maximum absolute atomic E-state index is 13.5. The van der Waals surface area contributed by atoms with Crippen molar-refractivity contribution in [3.63, 3.8) is 0 Å². The van der Waals surface area contributed by atoms with E-state index in [1.807, 2.05) is 12.1 Å². The van der Waals surface area contributed by atoms with Gasteiger partial charge >= 0.3 is 0 Å². The molecule has 0 atom stereocenters. The van der Waals surface area contributed by atoms with Gasteiger partial charge in [0.15, 0.2) is 0 Å². The van der Waals surface area contributed by atoms with E-state index in [2.05, 4.69) is 6.92 Å². The lowest BCUT2D eigenvalue weighted by Crippen LogP contribution is -2.45. The molecular formula is C14H20FN. The molecule has 0 bridgehead atoms. The molecule has 0 heterocycles. The third-order valence-corrected chi connectivity index (χ3v) is 3.77. The summed E-state index contributed by atoms with van der Waals surface area (Å²) in [6, 6.07) is 6.98. The Morgan fingerprint density at radius 3 is 2.56 bits per heavy atom. The summed E-state index contributed by atoms with van der Waals surface area (Å²) < 4.78 is 13.5. The van der Waals surface area contributed by atoms with Gasteiger partial charge in [-0.3, -0.25) is 0 Å². The number of halogens is 1. The molecule has 2 N–H and O–H groups in total. The van der Waals surface area contributed by atoms with Crippen molar-refractivity contribution in [2.45, 2.75) is 44.6 Å². The van der Waals surface area contributed by atoms with Gasteiger partial charge in [0.05, 0.1) is 0 Å². The van der Waals surface area contributed by atoms with Crippen LogP contribution in [0.2, 0.25) is 0 Å². The molecule has 1 aliphatic rings. The first-order chi connectivity index (χ1) is 7.59. The molecule has 1 nitrogen and oxygen atoms in total. The molecule has 0 aliphatic heterocycles. The van der Waals surface area contributed by atoms with Crippen molar-refractivity contribution in [3.8, 4) is 0 Å². The van der Waals surface area contributed by atoms with Gasteiger partial charge in [0.25, 0.3) is 0 Å². The molecule has 2 heteroatoms.